The van der Waals surface area contributed by atoms with Crippen LogP contribution >= 0.6 is 0 Å². The van der Waals surface area contributed by atoms with Crippen LogP contribution in [0, 0.1) is 0 Å². The molecule has 2 atom stereocenters. The Kier molecular flexibility index (Phi) is 5.19. The molecule has 1 aromatic carbocycles. The number of nitrogens with zero attached hydrogens (tertiary/aromatic N) is 4. The Morgan fingerprint density at radius 2 is 1.97 bits per heavy atom. The van der Waals surface area contributed by atoms with Crippen LogP contribution in [0.15, 0.2) is 22.7 Å². The molecule has 33 heavy (non-hydrogen) atoms. The average Bonchev–Trinajstić information content (AvgIpc) is 3.39. The summed E-state index contributed by atoms with van der Waals surface area (Å²) in [5, 5.41) is 14.2. The van der Waals surface area contributed by atoms with Gasteiger partial charge in [-0.15, -0.1) is 0 Å². The van der Waals surface area contributed by atoms with Gasteiger partial charge in [-0.2, -0.15) is 18.2 Å². The van der Waals surface area contributed by atoms with Gasteiger partial charge in [0.25, 0.3) is 5.91 Å². The van der Waals surface area contributed by atoms with Crippen LogP contribution in [0.25, 0.3) is 11.4 Å². The van der Waals surface area contributed by atoms with Crippen molar-refractivity contribution in [3.63, 3.8) is 0 Å². The van der Waals surface area contributed by atoms with E-state index in [1.165, 1.54) is 11.0 Å². The molecule has 1 aromatic heterocycles. The highest BCUT2D eigenvalue weighted by molar-refractivity contribution is 5.99. The Balaban J connectivity index is 1.41. The minimum atomic E-state index is -4.75. The fourth-order valence-corrected chi connectivity index (χ4v) is 5.20. The molecule has 3 aliphatic rings. The van der Waals surface area contributed by atoms with Gasteiger partial charge < -0.3 is 19.4 Å². The maximum absolute atomic E-state index is 13.3. The Morgan fingerprint density at radius 3 is 2.61 bits per heavy atom. The Bertz CT molecular complexity index is 1080. The van der Waals surface area contributed by atoms with E-state index in [0.717, 1.165) is 24.8 Å². The number of amides is 2. The molecule has 176 valence electrons. The maximum Gasteiger partial charge on any atom is 0.471 e. The smallest absolute Gasteiger partial charge is 0.371 e. The van der Waals surface area contributed by atoms with Crippen molar-refractivity contribution < 1.29 is 32.4 Å². The molecule has 0 radical (unpaired) electrons. The Labute approximate surface area is 187 Å². The molecule has 8 nitrogen and oxygen atoms in total. The number of hydrogen-bond acceptors (Lipinski definition) is 6. The maximum atomic E-state index is 13.3. The van der Waals surface area contributed by atoms with Gasteiger partial charge in [-0.3, -0.25) is 9.59 Å². The van der Waals surface area contributed by atoms with E-state index in [-0.39, 0.29) is 29.4 Å². The zero-order chi connectivity index (χ0) is 23.4. The van der Waals surface area contributed by atoms with E-state index in [4.69, 9.17) is 0 Å². The first kappa shape index (κ1) is 21.9. The van der Waals surface area contributed by atoms with Gasteiger partial charge >= 0.3 is 12.1 Å². The Hall–Kier alpha value is -2.95. The quantitative estimate of drug-likeness (QED) is 0.538. The summed E-state index contributed by atoms with van der Waals surface area (Å²) in [6, 6.07) is 4.19. The minimum absolute atomic E-state index is 0.244. The minimum Gasteiger partial charge on any atom is -0.371 e. The van der Waals surface area contributed by atoms with Crippen LogP contribution in [0.3, 0.4) is 0 Å². The molecule has 2 fully saturated rings. The molecule has 0 saturated heterocycles. The fraction of sp³-hybridized carbons (Fsp3) is 0.545. The third kappa shape index (κ3) is 3.68. The van der Waals surface area contributed by atoms with Gasteiger partial charge in [0.15, 0.2) is 0 Å². The van der Waals surface area contributed by atoms with Crippen LogP contribution in [0.4, 0.5) is 13.2 Å². The predicted molar refractivity (Wildman–Crippen MR) is 107 cm³/mol. The van der Waals surface area contributed by atoms with Crippen LogP contribution in [-0.4, -0.2) is 55.2 Å². The molecule has 0 unspecified atom stereocenters. The lowest BCUT2D eigenvalue weighted by Gasteiger charge is -2.52. The van der Waals surface area contributed by atoms with Crippen molar-refractivity contribution >= 4 is 12.3 Å². The van der Waals surface area contributed by atoms with Crippen molar-refractivity contribution in [3.05, 3.63) is 35.2 Å². The average molecular weight is 464 g/mol. The van der Waals surface area contributed by atoms with E-state index < -0.39 is 17.8 Å². The summed E-state index contributed by atoms with van der Waals surface area (Å²) >= 11 is 0. The number of carbonyl (C=O) groups excluding carboxylic acids is 2. The number of fused-ring (bicyclic) bond motifs is 1. The SMILES string of the molecule is O=CN([C@@H]1CCCC[C@H]1N1Cc2ccc(-c3noc(C(F)(F)F)n3)cc2C1=O)C1(O)CCC1. The molecular weight excluding hydrogens is 441 g/mol. The van der Waals surface area contributed by atoms with Crippen molar-refractivity contribution in [1.82, 2.24) is 19.9 Å². The molecule has 5 rings (SSSR count). The number of rotatable bonds is 5. The lowest BCUT2D eigenvalue weighted by atomic mass is 9.81. The van der Waals surface area contributed by atoms with Crippen LogP contribution in [0.5, 0.6) is 0 Å². The number of alkyl halides is 3. The molecule has 1 N–H and O–H groups in total. The molecule has 2 aliphatic carbocycles. The molecule has 2 saturated carbocycles. The van der Waals surface area contributed by atoms with Crippen molar-refractivity contribution in [3.8, 4) is 11.4 Å². The third-order valence-electron chi connectivity index (χ3n) is 7.07. The van der Waals surface area contributed by atoms with Gasteiger partial charge in [0, 0.05) is 17.7 Å². The molecule has 2 heterocycles. The molecule has 2 aromatic rings. The van der Waals surface area contributed by atoms with Crippen LogP contribution in [0.2, 0.25) is 0 Å². The standard InChI is InChI=1S/C22H23F3N4O4/c23-22(24,25)20-26-18(27-33-20)13-6-7-14-11-28(19(31)15(14)10-13)16-4-1-2-5-17(16)29(12-30)21(32)8-3-9-21/h6-7,10,12,16-17,32H,1-5,8-9,11H2/t16-,17-/m1/s1. The predicted octanol–water partition coefficient (Wildman–Crippen LogP) is 3.35. The highest BCUT2D eigenvalue weighted by Crippen LogP contribution is 2.41. The van der Waals surface area contributed by atoms with E-state index in [2.05, 4.69) is 14.7 Å². The second-order valence-corrected chi connectivity index (χ2v) is 8.99. The van der Waals surface area contributed by atoms with Crippen molar-refractivity contribution in [2.75, 3.05) is 0 Å². The summed E-state index contributed by atoms with van der Waals surface area (Å²) in [4.78, 5) is 31.9. The summed E-state index contributed by atoms with van der Waals surface area (Å²) < 4.78 is 42.7. The molecule has 11 heteroatoms. The lowest BCUT2D eigenvalue weighted by Crippen LogP contribution is -2.63. The van der Waals surface area contributed by atoms with E-state index in [9.17, 15) is 27.9 Å². The van der Waals surface area contributed by atoms with Crippen molar-refractivity contribution in [2.24, 2.45) is 0 Å². The molecule has 0 spiro atoms. The van der Waals surface area contributed by atoms with E-state index in [1.54, 1.807) is 17.0 Å². The highest BCUT2D eigenvalue weighted by Gasteiger charge is 2.48. The molecular formula is C22H23F3N4O4. The van der Waals surface area contributed by atoms with Crippen LogP contribution in [-0.2, 0) is 17.5 Å². The number of aromatic nitrogens is 2. The zero-order valence-corrected chi connectivity index (χ0v) is 17.7. The molecule has 2 amide bonds. The van der Waals surface area contributed by atoms with Crippen molar-refractivity contribution in [2.45, 2.75) is 75.5 Å². The summed E-state index contributed by atoms with van der Waals surface area (Å²) in [7, 11) is 0. The first-order chi connectivity index (χ1) is 15.7. The van der Waals surface area contributed by atoms with E-state index >= 15 is 0 Å². The summed E-state index contributed by atoms with van der Waals surface area (Å²) in [5.74, 6) is -1.94. The summed E-state index contributed by atoms with van der Waals surface area (Å²) in [6.07, 6.45) is 1.05. The monoisotopic (exact) mass is 464 g/mol. The number of halogens is 3. The summed E-state index contributed by atoms with van der Waals surface area (Å²) in [6.45, 7) is 0.334. The highest BCUT2D eigenvalue weighted by atomic mass is 19.4. The lowest BCUT2D eigenvalue weighted by molar-refractivity contribution is -0.188. The van der Waals surface area contributed by atoms with Gasteiger partial charge in [-0.25, -0.2) is 0 Å². The number of hydrogen-bond donors (Lipinski definition) is 1. The van der Waals surface area contributed by atoms with Gasteiger partial charge in [-0.05, 0) is 43.7 Å². The van der Waals surface area contributed by atoms with E-state index in [0.29, 0.717) is 44.2 Å². The van der Waals surface area contributed by atoms with Crippen LogP contribution in [0.1, 0.15) is 66.8 Å². The normalized spacial score (nSPS) is 24.4. The number of aliphatic hydroxyl groups is 1. The number of carbonyl (C=O) groups is 2. The molecule has 1 aliphatic heterocycles. The first-order valence-electron chi connectivity index (χ1n) is 11.0. The second kappa shape index (κ2) is 7.82. The van der Waals surface area contributed by atoms with Crippen LogP contribution < -0.4 is 0 Å². The third-order valence-corrected chi connectivity index (χ3v) is 7.07. The fourth-order valence-electron chi connectivity index (χ4n) is 5.20. The van der Waals surface area contributed by atoms with Gasteiger partial charge in [0.1, 0.15) is 5.72 Å². The Morgan fingerprint density at radius 1 is 1.21 bits per heavy atom. The van der Waals surface area contributed by atoms with Gasteiger partial charge in [0.05, 0.1) is 12.1 Å². The van der Waals surface area contributed by atoms with E-state index in [1.807, 2.05) is 0 Å². The van der Waals surface area contributed by atoms with Gasteiger partial charge in [0.2, 0.25) is 12.2 Å². The topological polar surface area (TPSA) is 99.8 Å². The second-order valence-electron chi connectivity index (χ2n) is 8.99. The largest absolute Gasteiger partial charge is 0.471 e. The zero-order valence-electron chi connectivity index (χ0n) is 17.7. The number of benzene rings is 1. The van der Waals surface area contributed by atoms with Crippen molar-refractivity contribution in [1.29, 1.82) is 0 Å². The first-order valence-corrected chi connectivity index (χ1v) is 11.0. The summed E-state index contributed by atoms with van der Waals surface area (Å²) in [5.41, 5.74) is 0.212. The van der Waals surface area contributed by atoms with Gasteiger partial charge in [-0.1, -0.05) is 30.1 Å². The molecule has 0 bridgehead atoms.